The lowest BCUT2D eigenvalue weighted by Crippen LogP contribution is -2.14. The highest BCUT2D eigenvalue weighted by atomic mass is 35.5. The van der Waals surface area contributed by atoms with Gasteiger partial charge in [-0.25, -0.2) is 0 Å². The molecule has 7 aromatic rings. The third-order valence-electron chi connectivity index (χ3n) is 8.90. The molecule has 0 spiro atoms. The molecule has 9 rings (SSSR count). The minimum atomic E-state index is -0.590. The Balaban J connectivity index is 0.000000145. The fraction of sp³-hybridized carbons (Fsp3) is 0.0217. The Hall–Kier alpha value is -7.07. The van der Waals surface area contributed by atoms with Crippen molar-refractivity contribution in [3.63, 3.8) is 0 Å². The summed E-state index contributed by atoms with van der Waals surface area (Å²) in [6.45, 7) is 0. The molecule has 0 fully saturated rings. The number of H-pyrrole nitrogens is 1. The summed E-state index contributed by atoms with van der Waals surface area (Å²) in [5.41, 5.74) is 5.28. The van der Waals surface area contributed by atoms with E-state index in [0.29, 0.717) is 60.8 Å². The van der Waals surface area contributed by atoms with Crippen molar-refractivity contribution in [1.29, 1.82) is 0 Å². The zero-order chi connectivity index (χ0) is 39.9. The summed E-state index contributed by atoms with van der Waals surface area (Å²) in [6.07, 6.45) is -0.0754. The van der Waals surface area contributed by atoms with Crippen molar-refractivity contribution < 1.29 is 33.7 Å². The maximum Gasteiger partial charge on any atom is 0.296 e. The van der Waals surface area contributed by atoms with Gasteiger partial charge >= 0.3 is 0 Å². The number of carbonyl (C=O) groups is 5. The number of hydrogen-bond donors (Lipinski definition) is 2. The normalized spacial score (nSPS) is 12.4. The van der Waals surface area contributed by atoms with Crippen molar-refractivity contribution in [2.24, 2.45) is 0 Å². The van der Waals surface area contributed by atoms with Crippen LogP contribution in [0.25, 0.3) is 22.2 Å². The van der Waals surface area contributed by atoms with Gasteiger partial charge in [0.25, 0.3) is 17.6 Å². The van der Waals surface area contributed by atoms with E-state index in [9.17, 15) is 24.0 Å². The smallest absolute Gasteiger partial charge is 0.296 e. The highest BCUT2D eigenvalue weighted by Crippen LogP contribution is 2.44. The summed E-state index contributed by atoms with van der Waals surface area (Å²) < 4.78 is 0. The number of benzene rings is 6. The number of rotatable bonds is 7. The second kappa shape index (κ2) is 17.2. The van der Waals surface area contributed by atoms with Gasteiger partial charge in [-0.05, 0) is 30.3 Å². The molecule has 0 saturated carbocycles. The predicted molar refractivity (Wildman–Crippen MR) is 220 cm³/mol. The van der Waals surface area contributed by atoms with Gasteiger partial charge in [0.05, 0.1) is 34.3 Å². The Bertz CT molecular complexity index is 2630. The molecule has 0 unspecified atom stereocenters. The number of aromatic amines is 1. The number of anilines is 1. The van der Waals surface area contributed by atoms with Gasteiger partial charge in [-0.2, -0.15) is 0 Å². The van der Waals surface area contributed by atoms with Crippen molar-refractivity contribution in [2.45, 2.75) is 6.42 Å². The van der Waals surface area contributed by atoms with Crippen molar-refractivity contribution in [2.75, 3.05) is 5.32 Å². The van der Waals surface area contributed by atoms with E-state index < -0.39 is 11.7 Å². The van der Waals surface area contributed by atoms with E-state index in [0.717, 1.165) is 16.5 Å². The molecule has 280 valence electrons. The summed E-state index contributed by atoms with van der Waals surface area (Å²) in [7, 11) is 0. The number of Topliss-reactive ketones (excluding diaryl/α,β-unsaturated/α-hetero) is 4. The van der Waals surface area contributed by atoms with E-state index in [1.165, 1.54) is 6.07 Å². The first kappa shape index (κ1) is 38.2. The third kappa shape index (κ3) is 8.60. The molecule has 0 aliphatic carbocycles. The Morgan fingerprint density at radius 3 is 1.70 bits per heavy atom. The molecule has 11 heteroatoms. The fourth-order valence-corrected chi connectivity index (χ4v) is 6.49. The lowest BCUT2D eigenvalue weighted by atomic mass is 9.92. The van der Waals surface area contributed by atoms with Crippen LogP contribution in [0.5, 0.6) is 5.88 Å². The highest BCUT2D eigenvalue weighted by Gasteiger charge is 2.33. The number of fused-ring (bicyclic) bond motifs is 4. The number of nitrogens with one attached hydrogen (secondary N) is 2. The molecule has 2 N–H and O–H groups in total. The molecule has 2 aliphatic rings. The van der Waals surface area contributed by atoms with Gasteiger partial charge in [0, 0.05) is 37.7 Å². The third-order valence-corrected chi connectivity index (χ3v) is 9.37. The van der Waals surface area contributed by atoms with Crippen molar-refractivity contribution in [1.82, 2.24) is 4.98 Å². The van der Waals surface area contributed by atoms with Gasteiger partial charge in [-0.15, -0.1) is 0 Å². The summed E-state index contributed by atoms with van der Waals surface area (Å²) >= 11 is 11.8. The molecule has 1 aromatic heterocycles. The molecule has 3 heterocycles. The van der Waals surface area contributed by atoms with E-state index in [1.807, 2.05) is 66.7 Å². The molecule has 2 aliphatic heterocycles. The predicted octanol–water partition coefficient (Wildman–Crippen LogP) is 10.5. The molecule has 1 amide bonds. The van der Waals surface area contributed by atoms with Crippen LogP contribution in [-0.4, -0.2) is 34.0 Å². The Kier molecular flexibility index (Phi) is 11.5. The van der Waals surface area contributed by atoms with Crippen LogP contribution < -0.4 is 10.2 Å². The van der Waals surface area contributed by atoms with E-state index in [1.54, 1.807) is 84.9 Å². The molecular weight excluding hydrogens is 763 g/mol. The lowest BCUT2D eigenvalue weighted by molar-refractivity contribution is -0.138. The van der Waals surface area contributed by atoms with Gasteiger partial charge in [-0.1, -0.05) is 151 Å². The van der Waals surface area contributed by atoms with E-state index in [4.69, 9.17) is 33.0 Å². The first-order chi connectivity index (χ1) is 27.7. The topological polar surface area (TPSA) is 132 Å². The second-order valence-electron chi connectivity index (χ2n) is 12.7. The maximum absolute atomic E-state index is 13.5. The van der Waals surface area contributed by atoms with Crippen LogP contribution in [-0.2, 0) is 9.68 Å². The van der Waals surface area contributed by atoms with E-state index in [2.05, 4.69) is 10.3 Å². The summed E-state index contributed by atoms with van der Waals surface area (Å²) in [5.74, 6) is -0.735. The quantitative estimate of drug-likeness (QED) is 0.0711. The maximum atomic E-state index is 13.5. The minimum absolute atomic E-state index is 0.0754. The van der Waals surface area contributed by atoms with Crippen molar-refractivity contribution in [3.8, 4) is 5.88 Å². The van der Waals surface area contributed by atoms with E-state index >= 15 is 0 Å². The lowest BCUT2D eigenvalue weighted by Gasteiger charge is -2.20. The van der Waals surface area contributed by atoms with Gasteiger partial charge in [0.2, 0.25) is 0 Å². The average Bonchev–Trinajstić information content (AvgIpc) is 3.76. The zero-order valence-electron chi connectivity index (χ0n) is 29.8. The number of halogens is 2. The number of aromatic nitrogens is 1. The summed E-state index contributed by atoms with van der Waals surface area (Å²) in [5, 5.41) is 4.35. The Morgan fingerprint density at radius 2 is 1.11 bits per heavy atom. The fourth-order valence-electron chi connectivity index (χ4n) is 6.14. The molecule has 57 heavy (non-hydrogen) atoms. The van der Waals surface area contributed by atoms with Gasteiger partial charge in [0.15, 0.2) is 23.1 Å². The molecular formula is C46H30Cl2N2O7. The van der Waals surface area contributed by atoms with Gasteiger partial charge < -0.3 is 10.3 Å². The highest BCUT2D eigenvalue weighted by molar-refractivity contribution is 6.52. The van der Waals surface area contributed by atoms with Gasteiger partial charge in [0.1, 0.15) is 0 Å². The second-order valence-corrected chi connectivity index (χ2v) is 13.6. The zero-order valence-corrected chi connectivity index (χ0v) is 31.3. The van der Waals surface area contributed by atoms with Crippen LogP contribution >= 0.6 is 23.2 Å². The Morgan fingerprint density at radius 1 is 0.579 bits per heavy atom. The molecule has 9 nitrogen and oxygen atoms in total. The molecule has 0 atom stereocenters. The monoisotopic (exact) mass is 792 g/mol. The van der Waals surface area contributed by atoms with E-state index in [-0.39, 0.29) is 23.8 Å². The average molecular weight is 794 g/mol. The van der Waals surface area contributed by atoms with Crippen LogP contribution in [0, 0.1) is 0 Å². The summed E-state index contributed by atoms with van der Waals surface area (Å²) in [4.78, 5) is 73.3. The van der Waals surface area contributed by atoms with Crippen molar-refractivity contribution >= 4 is 80.2 Å². The number of carbonyl (C=O) groups excluding carboxylic acids is 5. The number of allylic oxidation sites excluding steroid dienone is 1. The van der Waals surface area contributed by atoms with Gasteiger partial charge in [-0.3, -0.25) is 33.7 Å². The van der Waals surface area contributed by atoms with Crippen LogP contribution in [0.2, 0.25) is 10.0 Å². The van der Waals surface area contributed by atoms with Crippen LogP contribution in [0.1, 0.15) is 59.0 Å². The molecule has 0 saturated heterocycles. The van der Waals surface area contributed by atoms with Crippen LogP contribution in [0.4, 0.5) is 5.69 Å². The first-order valence-corrected chi connectivity index (χ1v) is 18.3. The standard InChI is InChI=1S/C23H14ClNO3.C15H12O2.C8H4ClNO2/c24-16-11-12-17-18(13-16)25-23-19(17)20(21(26)14-7-3-1-4-8-14)22(27-28-23)15-9-5-2-6-10-15;16-14(12-7-3-1-4-8-12)11-15(17)13-9-5-2-6-10-13;9-4-1-2-5-6(3-4)10-8(12)7(5)11/h1-13,25H;1-10H,11H2;1-3H,(H,10,11,12). The number of hydrogen-bond acceptors (Lipinski definition) is 7. The molecule has 6 aromatic carbocycles. The molecule has 0 radical (unpaired) electrons. The largest absolute Gasteiger partial charge is 0.321 e. The number of amides is 1. The minimum Gasteiger partial charge on any atom is -0.321 e. The SMILES string of the molecule is O=C(C1=C(c2ccccc2)OOc2[nH]c3cc(Cl)ccc3c21)c1ccccc1.O=C(CC(=O)c1ccccc1)c1ccccc1.O=C1Nc2cc(Cl)ccc2C1=O. The summed E-state index contributed by atoms with van der Waals surface area (Å²) in [6, 6.07) is 46.5. The first-order valence-electron chi connectivity index (χ1n) is 17.5. The van der Waals surface area contributed by atoms with Crippen molar-refractivity contribution in [3.05, 3.63) is 201 Å². The van der Waals surface area contributed by atoms with Crippen LogP contribution in [0.3, 0.4) is 0 Å². The number of ketones is 4. The Labute approximate surface area is 336 Å². The molecule has 0 bridgehead atoms. The van der Waals surface area contributed by atoms with Crippen LogP contribution in [0.15, 0.2) is 158 Å².